The standard InChI is InChI=1S/2C18H14N.C17H12N.C15H11N2.C15H16N.3C11H8N.4Ir/c1-14-12-18(16-10-6-3-7-11-16)19-13-17(14)15-8-4-2-5-9-15;1-14-7-5-6-10-17(14)16-11-12-18(19-13-16)15-8-3-2-4-9-15;1-2-7-14(8-3-1)15-9-6-10-16(13-15)17-11-4-5-12-18-17;1-3-7-14(8-4-1)16-11-12-17(13-16)15-9-5-2-6-10-15;1-12(2)11-14-9-6-10-15(16-14)13-7-4-3-5-8-13;3*1-2-6-10(7-3-1)11-8-4-5-9-12-11;;;;/h2-10,12-13H,1H3;2-8,10-13H,1H3;1-9,11-13H;1-9,11-12H;3-7,9-10,12H,11H2,1-2H3;3*1-6,8-9H;;;;/q8*-1;;;;+3. The fraction of sp³-hybridized carbons (Fsp3) is 0.0517. The molecule has 12 aromatic carbocycles. The second-order valence-corrected chi connectivity index (χ2v) is 28.7. The number of benzene rings is 12. The second kappa shape index (κ2) is 55.2. The number of aryl methyl sites for hydroxylation is 2. The Morgan fingerprint density at radius 2 is 0.682 bits per heavy atom. The molecular formula is C116H91Ir4N9-5. The molecule has 20 aromatic rings. The number of para-hydroxylation sites is 2. The molecule has 0 fully saturated rings. The maximum atomic E-state index is 4.65. The van der Waals surface area contributed by atoms with E-state index in [4.69, 9.17) is 0 Å². The third kappa shape index (κ3) is 31.8. The van der Waals surface area contributed by atoms with Crippen LogP contribution in [-0.4, -0.2) is 39.5 Å². The van der Waals surface area contributed by atoms with Crippen LogP contribution in [0.1, 0.15) is 30.7 Å². The molecule has 0 bridgehead atoms. The third-order valence-corrected chi connectivity index (χ3v) is 19.2. The van der Waals surface area contributed by atoms with Crippen LogP contribution < -0.4 is 4.57 Å². The van der Waals surface area contributed by atoms with E-state index in [9.17, 15) is 0 Å². The molecule has 641 valence electrons. The van der Waals surface area contributed by atoms with Gasteiger partial charge in [-0.15, -0.1) is 251 Å². The molecule has 0 unspecified atom stereocenters. The zero-order chi connectivity index (χ0) is 85.9. The number of hydrogen-bond acceptors (Lipinski definition) is 7. The number of hydrogen-bond donors (Lipinski definition) is 0. The Kier molecular flexibility index (Phi) is 42.5. The molecule has 129 heavy (non-hydrogen) atoms. The summed E-state index contributed by atoms with van der Waals surface area (Å²) < 4.78 is 3.88. The summed E-state index contributed by atoms with van der Waals surface area (Å²) in [5.41, 5.74) is 27.0. The normalized spacial score (nSPS) is 9.87. The van der Waals surface area contributed by atoms with Gasteiger partial charge in [-0.1, -0.05) is 196 Å². The zero-order valence-corrected chi connectivity index (χ0v) is 81.1. The Labute approximate surface area is 814 Å². The molecule has 0 amide bonds. The van der Waals surface area contributed by atoms with Crippen molar-refractivity contribution in [2.45, 2.75) is 34.1 Å². The van der Waals surface area contributed by atoms with Crippen LogP contribution in [0.5, 0.6) is 0 Å². The maximum Gasteiger partial charge on any atom is 3.00 e. The molecule has 0 atom stereocenters. The topological polar surface area (TPSA) is 99.0 Å². The van der Waals surface area contributed by atoms with Crippen molar-refractivity contribution >= 4 is 0 Å². The largest absolute Gasteiger partial charge is 3.00 e. The summed E-state index contributed by atoms with van der Waals surface area (Å²) in [6.45, 7) is 8.66. The molecule has 20 rings (SSSR count). The number of aromatic nitrogens is 9. The van der Waals surface area contributed by atoms with Crippen LogP contribution in [-0.2, 0) is 86.8 Å². The third-order valence-electron chi connectivity index (χ3n) is 19.2. The van der Waals surface area contributed by atoms with Crippen molar-refractivity contribution in [2.24, 2.45) is 5.92 Å². The molecule has 0 saturated carbocycles. The number of nitrogens with zero attached hydrogens (tertiary/aromatic N) is 9. The van der Waals surface area contributed by atoms with Gasteiger partial charge < -0.3 is 39.5 Å². The van der Waals surface area contributed by atoms with E-state index in [0.29, 0.717) is 5.92 Å². The fourth-order valence-electron chi connectivity index (χ4n) is 12.9. The second-order valence-electron chi connectivity index (χ2n) is 28.7. The minimum atomic E-state index is 0. The van der Waals surface area contributed by atoms with Crippen LogP contribution in [0.3, 0.4) is 0 Å². The SMILES string of the molecule is CC(C)Cc1cccc(-c2[c-]cccc2)n1.Cc1cc(-c2[c-]cccc2)ncc1-c1ccccc1.Cc1ccccc1-c1ccc(-c2[c-]cccc2)nc1.[Ir+3].[Ir].[Ir].[Ir].[c-]1ccc(-c2ccccc2)cc1-c1ccccn1.[c-]1ccccc1-[n+]1[c-]n(-c2ccccc2)cc1.[c-]1ccccc1-c1ccccn1.[c-]1ccccc1-c1ccccn1.[c-]1ccccc1-c1ccccn1. The van der Waals surface area contributed by atoms with Gasteiger partial charge in [0.25, 0.3) is 6.33 Å². The van der Waals surface area contributed by atoms with E-state index in [1.165, 1.54) is 38.9 Å². The summed E-state index contributed by atoms with van der Waals surface area (Å²) in [4.78, 5) is 30.7. The van der Waals surface area contributed by atoms with Crippen molar-refractivity contribution in [3.8, 4) is 124 Å². The Morgan fingerprint density at radius 1 is 0.287 bits per heavy atom. The molecule has 0 aliphatic heterocycles. The quantitative estimate of drug-likeness (QED) is 0.0790. The number of imidazole rings is 1. The summed E-state index contributed by atoms with van der Waals surface area (Å²) in [7, 11) is 0. The molecule has 0 spiro atoms. The Morgan fingerprint density at radius 3 is 1.11 bits per heavy atom. The van der Waals surface area contributed by atoms with Crippen molar-refractivity contribution in [3.63, 3.8) is 0 Å². The van der Waals surface area contributed by atoms with Gasteiger partial charge in [0.2, 0.25) is 0 Å². The average Bonchev–Trinajstić information content (AvgIpc) is 1.57. The van der Waals surface area contributed by atoms with Crippen molar-refractivity contribution in [1.82, 2.24) is 39.5 Å². The Hall–Kier alpha value is -13.5. The Balaban J connectivity index is 0.000000167. The smallest absolute Gasteiger partial charge is 0.321 e. The minimum Gasteiger partial charge on any atom is -0.321 e. The fourth-order valence-corrected chi connectivity index (χ4v) is 12.9. The monoisotopic (exact) mass is 2380 g/mol. The predicted molar refractivity (Wildman–Crippen MR) is 509 cm³/mol. The maximum absolute atomic E-state index is 4.65. The van der Waals surface area contributed by atoms with Crippen molar-refractivity contribution in [3.05, 3.63) is 534 Å². The molecule has 3 radical (unpaired) electrons. The van der Waals surface area contributed by atoms with Crippen LogP contribution >= 0.6 is 0 Å². The first kappa shape index (κ1) is 99.3. The predicted octanol–water partition coefficient (Wildman–Crippen LogP) is 27.0. The van der Waals surface area contributed by atoms with Gasteiger partial charge in [0.15, 0.2) is 0 Å². The molecule has 9 nitrogen and oxygen atoms in total. The van der Waals surface area contributed by atoms with E-state index in [2.05, 4.69) is 215 Å². The van der Waals surface area contributed by atoms with Gasteiger partial charge in [-0.3, -0.25) is 4.57 Å². The average molecular weight is 2380 g/mol. The van der Waals surface area contributed by atoms with E-state index in [-0.39, 0.29) is 80.4 Å². The summed E-state index contributed by atoms with van der Waals surface area (Å²) in [5, 5.41) is 0. The molecule has 0 aliphatic rings. The Bertz CT molecular complexity index is 6020. The van der Waals surface area contributed by atoms with Crippen molar-refractivity contribution < 1.29 is 85.0 Å². The molecule has 0 aliphatic carbocycles. The van der Waals surface area contributed by atoms with Crippen LogP contribution in [0.4, 0.5) is 0 Å². The molecule has 8 heterocycles. The van der Waals surface area contributed by atoms with Gasteiger partial charge in [0, 0.05) is 121 Å². The number of pyridine rings is 7. The van der Waals surface area contributed by atoms with Crippen LogP contribution in [0, 0.1) is 74.6 Å². The van der Waals surface area contributed by atoms with E-state index in [0.717, 1.165) is 108 Å². The molecule has 13 heteroatoms. The first-order valence-corrected chi connectivity index (χ1v) is 41.3. The van der Waals surface area contributed by atoms with E-state index < -0.39 is 0 Å². The zero-order valence-electron chi connectivity index (χ0n) is 71.5. The first-order valence-electron chi connectivity index (χ1n) is 41.3. The van der Waals surface area contributed by atoms with Gasteiger partial charge in [-0.25, -0.2) is 0 Å². The molecule has 0 saturated heterocycles. The molecular weight excluding hydrogens is 2290 g/mol. The summed E-state index contributed by atoms with van der Waals surface area (Å²) in [5.74, 6) is 0.641. The minimum absolute atomic E-state index is 0. The van der Waals surface area contributed by atoms with Gasteiger partial charge in [-0.2, -0.15) is 30.3 Å². The molecule has 8 aromatic heterocycles. The molecule has 0 N–H and O–H groups in total. The van der Waals surface area contributed by atoms with Crippen molar-refractivity contribution in [2.75, 3.05) is 0 Å². The first-order chi connectivity index (χ1) is 61.7. The van der Waals surface area contributed by atoms with E-state index >= 15 is 0 Å². The summed E-state index contributed by atoms with van der Waals surface area (Å²) in [6, 6.07) is 162. The van der Waals surface area contributed by atoms with E-state index in [1.807, 2.05) is 349 Å². The van der Waals surface area contributed by atoms with Gasteiger partial charge in [-0.05, 0) is 148 Å². The van der Waals surface area contributed by atoms with Crippen LogP contribution in [0.25, 0.3) is 124 Å². The van der Waals surface area contributed by atoms with Gasteiger partial charge in [0.1, 0.15) is 0 Å². The van der Waals surface area contributed by atoms with Gasteiger partial charge >= 0.3 is 20.1 Å². The number of rotatable bonds is 14. The summed E-state index contributed by atoms with van der Waals surface area (Å²) in [6.07, 6.45) is 19.3. The van der Waals surface area contributed by atoms with E-state index in [1.54, 1.807) is 24.8 Å². The van der Waals surface area contributed by atoms with Crippen molar-refractivity contribution in [1.29, 1.82) is 0 Å². The van der Waals surface area contributed by atoms with Crippen LogP contribution in [0.15, 0.2) is 462 Å². The summed E-state index contributed by atoms with van der Waals surface area (Å²) >= 11 is 0. The van der Waals surface area contributed by atoms with Crippen LogP contribution in [0.2, 0.25) is 0 Å². The van der Waals surface area contributed by atoms with Gasteiger partial charge in [0.05, 0.1) is 5.69 Å².